The molecule has 3 fully saturated rings. The average Bonchev–Trinajstić information content (AvgIpc) is 3.93. The number of nitrogens with zero attached hydrogens (tertiary/aromatic N) is 6. The zero-order valence-electron chi connectivity index (χ0n) is 44.7. The SMILES string of the molecule is O=S(=O)([O-])O.O=S(=O)([O-])O.O=S(=O)([O-])OC[C@H]1O[C@@H](O[C@]2(CCl)O[C@H](Cn3cc(COCc4cn(C[C@H]5O[C@H](O)[CH-][C@@H](OS(=O)(=O)[O-])[C@@H]5OS(=O)(=O)[O-])nn4)nn3)[CH-][C@@H]2OS(=O)(=O)[O-])[C@H](OS(=O)(=O)[O-])[C@@H](OS(=O)(=O)[O-])[C@H]1Cl.[Na+].[Na+].[Na+].[Na+].[Na+].[Na+].[Na+].[Na+]. The molecule has 62 heteroatoms. The van der Waals surface area contributed by atoms with E-state index >= 15 is 0 Å². The fourth-order valence-corrected chi connectivity index (χ4v) is 9.58. The van der Waals surface area contributed by atoms with Crippen molar-refractivity contribution in [3.8, 4) is 0 Å². The van der Waals surface area contributed by atoms with E-state index in [9.17, 15) is 82.9 Å². The molecule has 86 heavy (non-hydrogen) atoms. The quantitative estimate of drug-likeness (QED) is 0.0289. The molecule has 0 aliphatic carbocycles. The van der Waals surface area contributed by atoms with E-state index < -0.39 is 181 Å². The van der Waals surface area contributed by atoms with Gasteiger partial charge in [0.25, 0.3) is 0 Å². The summed E-state index contributed by atoms with van der Waals surface area (Å²) in [5, 5.41) is 22.9. The first-order chi connectivity index (χ1) is 35.1. The fourth-order valence-electron chi connectivity index (χ4n) is 6.22. The van der Waals surface area contributed by atoms with E-state index in [-0.39, 0.29) is 261 Å². The molecule has 0 bridgehead atoms. The Morgan fingerprint density at radius 1 is 0.570 bits per heavy atom. The van der Waals surface area contributed by atoms with Gasteiger partial charge in [-0.3, -0.25) is 36.9 Å². The molecular weight excluding hydrogens is 1490 g/mol. The topological polar surface area (TPSA) is 681 Å². The molecule has 3 aliphatic rings. The second-order valence-corrected chi connectivity index (χ2v) is 22.9. The molecule has 0 aromatic carbocycles. The van der Waals surface area contributed by atoms with Crippen LogP contribution in [0, 0.1) is 12.8 Å². The largest absolute Gasteiger partial charge is 1.00 e. The van der Waals surface area contributed by atoms with Gasteiger partial charge in [0, 0.05) is 18.9 Å². The molecule has 0 amide bonds. The van der Waals surface area contributed by atoms with Gasteiger partial charge in [0.1, 0.15) is 35.8 Å². The van der Waals surface area contributed by atoms with E-state index in [1.165, 1.54) is 12.4 Å². The number of aromatic nitrogens is 6. The molecule has 2 aromatic heterocycles. The Hall–Kier alpha value is 5.58. The van der Waals surface area contributed by atoms with Crippen molar-refractivity contribution >= 4 is 106 Å². The van der Waals surface area contributed by atoms with E-state index in [4.69, 9.17) is 81.9 Å². The van der Waals surface area contributed by atoms with Crippen molar-refractivity contribution in [1.82, 2.24) is 30.0 Å². The third-order valence-electron chi connectivity index (χ3n) is 8.52. The van der Waals surface area contributed by atoms with Crippen molar-refractivity contribution in [2.75, 3.05) is 12.5 Å². The van der Waals surface area contributed by atoms with Gasteiger partial charge < -0.3 is 73.6 Å². The van der Waals surface area contributed by atoms with Crippen LogP contribution in [0.2, 0.25) is 0 Å². The minimum absolute atomic E-state index is 0. The molecule has 5 rings (SSSR count). The van der Waals surface area contributed by atoms with E-state index in [1.54, 1.807) is 0 Å². The van der Waals surface area contributed by atoms with Gasteiger partial charge in [-0.1, -0.05) is 10.4 Å². The molecule has 3 N–H and O–H groups in total. The van der Waals surface area contributed by atoms with Crippen molar-refractivity contribution in [1.29, 1.82) is 0 Å². The maximum atomic E-state index is 11.8. The summed E-state index contributed by atoms with van der Waals surface area (Å²) in [4.78, 5) is 0. The zero-order valence-corrected chi connectivity index (χ0v) is 68.8. The number of halogens is 2. The van der Waals surface area contributed by atoms with Gasteiger partial charge in [-0.05, 0) is 12.2 Å². The van der Waals surface area contributed by atoms with Crippen LogP contribution in [0.5, 0.6) is 0 Å². The Balaban J connectivity index is -0.000000820. The molecule has 0 unspecified atom stereocenters. The normalized spacial score (nSPS) is 26.1. The molecule has 456 valence electrons. The molecule has 0 saturated carbocycles. The maximum Gasteiger partial charge on any atom is 1.00 e. The molecule has 12 atom stereocenters. The second-order valence-electron chi connectivity index (χ2n) is 14.4. The summed E-state index contributed by atoms with van der Waals surface area (Å²) < 4.78 is 327. The summed E-state index contributed by atoms with van der Waals surface area (Å²) in [6.07, 6.45) is -18.2. The Kier molecular flexibility index (Phi) is 51.6. The number of rotatable bonds is 24. The van der Waals surface area contributed by atoms with E-state index in [0.717, 1.165) is 15.8 Å². The number of alkyl halides is 2. The van der Waals surface area contributed by atoms with Crippen LogP contribution in [0.4, 0.5) is 0 Å². The predicted molar refractivity (Wildman–Crippen MR) is 219 cm³/mol. The molecular formula is C24H30Cl2N6Na8O38S8-2. The molecule has 0 radical (unpaired) electrons. The Morgan fingerprint density at radius 3 is 1.38 bits per heavy atom. The Labute approximate surface area is 676 Å². The number of ether oxygens (including phenoxy) is 5. The Morgan fingerprint density at radius 2 is 0.977 bits per heavy atom. The van der Waals surface area contributed by atoms with Gasteiger partial charge in [0.05, 0.1) is 50.0 Å². The zero-order chi connectivity index (χ0) is 59.8. The van der Waals surface area contributed by atoms with E-state index in [1.807, 2.05) is 0 Å². The molecule has 3 saturated heterocycles. The first-order valence-electron chi connectivity index (χ1n) is 18.9. The van der Waals surface area contributed by atoms with Gasteiger partial charge in [-0.2, -0.15) is 0 Å². The minimum atomic E-state index is -6.00. The first-order valence-corrected chi connectivity index (χ1v) is 30.6. The maximum absolute atomic E-state index is 11.8. The van der Waals surface area contributed by atoms with Crippen LogP contribution in [0.1, 0.15) is 11.4 Å². The van der Waals surface area contributed by atoms with Gasteiger partial charge >= 0.3 is 236 Å². The van der Waals surface area contributed by atoms with Crippen LogP contribution in [-0.2, 0) is 158 Å². The van der Waals surface area contributed by atoms with Gasteiger partial charge in [0.2, 0.25) is 83.2 Å². The Bertz CT molecular complexity index is 3250. The number of aliphatic hydroxyl groups is 1. The van der Waals surface area contributed by atoms with E-state index in [0.29, 0.717) is 6.42 Å². The molecule has 3 aliphatic heterocycles. The third kappa shape index (κ3) is 43.2. The predicted octanol–water partition coefficient (Wildman–Crippen LogP) is -32.9. The van der Waals surface area contributed by atoms with Crippen molar-refractivity contribution < 1.29 is 403 Å². The standard InChI is InChI=1S/C24H34Cl2N6O30S6.8Na.2H2O4S/c25-10-24(57-23-22(62-68(49,50)51)21(61-67(46,47)48)19(26)16(55-23)9-53-63(34,35)36)17(59-65(40,41)42)1-13(56-24)5-31-3-11(27-29-31)7-52-8-12-4-32(30-28-12)6-15-20(60-66(43,44)45)14(2-18(33)54-15)58-64(37,38)39;;;;;;;;;2*1-5(2,3)4/h1-4,13-23,33H,5-10H2,(H,34,35,36)(H,37,38,39)(H,40,41,42)(H,43,44,45)(H,46,47,48)(H,49,50,51);;;;;;;;;2*(H2,1,2,3,4)/q-2;8*+1;;/p-8/t13-,14+,15+,16+,17-,18-,19-,20-,21-,22+,23-,24-;;;;;;;;;;/m0........../s1. The van der Waals surface area contributed by atoms with Crippen molar-refractivity contribution in [2.24, 2.45) is 0 Å². The third-order valence-corrected chi connectivity index (χ3v) is 12.1. The summed E-state index contributed by atoms with van der Waals surface area (Å²) in [7, 11) is -44.2. The van der Waals surface area contributed by atoms with Crippen LogP contribution < -0.4 is 236 Å². The van der Waals surface area contributed by atoms with Crippen LogP contribution in [0.3, 0.4) is 0 Å². The molecule has 0 spiro atoms. The van der Waals surface area contributed by atoms with Gasteiger partial charge in [-0.15, -0.1) is 33.4 Å². The van der Waals surface area contributed by atoms with Gasteiger partial charge in [0.15, 0.2) is 18.2 Å². The van der Waals surface area contributed by atoms with Crippen LogP contribution in [0.15, 0.2) is 12.4 Å². The number of aliphatic hydroxyl groups excluding tert-OH is 1. The molecule has 44 nitrogen and oxygen atoms in total. The minimum Gasteiger partial charge on any atom is -0.726 e. The smallest absolute Gasteiger partial charge is 0.726 e. The summed E-state index contributed by atoms with van der Waals surface area (Å²) in [6, 6.07) is 0. The van der Waals surface area contributed by atoms with Crippen LogP contribution >= 0.6 is 23.2 Å². The monoisotopic (exact) mass is 1520 g/mol. The van der Waals surface area contributed by atoms with Crippen LogP contribution in [0.25, 0.3) is 0 Å². The average molecular weight is 1520 g/mol. The fraction of sp³-hybridized carbons (Fsp3) is 0.750. The van der Waals surface area contributed by atoms with E-state index in [2.05, 4.69) is 45.7 Å². The summed E-state index contributed by atoms with van der Waals surface area (Å²) in [5.74, 6) is -4.03. The summed E-state index contributed by atoms with van der Waals surface area (Å²) in [5.41, 5.74) is 0.114. The van der Waals surface area contributed by atoms with Crippen molar-refractivity contribution in [2.45, 2.75) is 98.9 Å². The van der Waals surface area contributed by atoms with Crippen molar-refractivity contribution in [3.63, 3.8) is 0 Å². The van der Waals surface area contributed by atoms with Gasteiger partial charge in [-0.25, -0.2) is 78.4 Å². The summed E-state index contributed by atoms with van der Waals surface area (Å²) in [6.45, 7) is -3.24. The first kappa shape index (κ1) is 103. The van der Waals surface area contributed by atoms with Crippen molar-refractivity contribution in [3.05, 3.63) is 36.6 Å². The van der Waals surface area contributed by atoms with Crippen LogP contribution in [-0.4, -0.2) is 233 Å². The summed E-state index contributed by atoms with van der Waals surface area (Å²) >= 11 is 12.1. The number of hydrogen-bond donors (Lipinski definition) is 3. The molecule has 2 aromatic rings. The molecule has 5 heterocycles. The second kappa shape index (κ2) is 43.3. The number of hydrogen-bond acceptors (Lipinski definition) is 40.